The van der Waals surface area contributed by atoms with Crippen molar-refractivity contribution in [2.75, 3.05) is 23.5 Å². The number of rotatable bonds is 0. The van der Waals surface area contributed by atoms with Gasteiger partial charge in [0.05, 0.1) is 14.2 Å². The van der Waals surface area contributed by atoms with Gasteiger partial charge in [-0.15, -0.1) is 0 Å². The first-order valence-electron chi connectivity index (χ1n) is 5.22. The quantitative estimate of drug-likeness (QED) is 0.663. The molecule has 1 aromatic rings. The van der Waals surface area contributed by atoms with Gasteiger partial charge in [-0.3, -0.25) is 9.89 Å². The predicted octanol–water partition coefficient (Wildman–Crippen LogP) is 0.444. The monoisotopic (exact) mass is 220 g/mol. The van der Waals surface area contributed by atoms with Gasteiger partial charge in [0.15, 0.2) is 11.6 Å². The van der Waals surface area contributed by atoms with Crippen LogP contribution in [0, 0.1) is 0 Å². The second-order valence-corrected chi connectivity index (χ2v) is 3.27. The van der Waals surface area contributed by atoms with Gasteiger partial charge < -0.3 is 15.8 Å². The minimum atomic E-state index is -0.987. The third kappa shape index (κ3) is 1.11. The van der Waals surface area contributed by atoms with E-state index in [2.05, 4.69) is 15.3 Å². The number of amides is 2. The molecule has 1 unspecified atom stereocenters. The zero-order chi connectivity index (χ0) is 12.0. The summed E-state index contributed by atoms with van der Waals surface area (Å²) in [6.45, 7) is -0.601. The number of anilines is 2. The molecule has 2 amide bonds. The van der Waals surface area contributed by atoms with Gasteiger partial charge in [-0.05, 0) is 0 Å². The third-order valence-corrected chi connectivity index (χ3v) is 2.34. The van der Waals surface area contributed by atoms with E-state index in [0.717, 1.165) is 4.90 Å². The van der Waals surface area contributed by atoms with Crippen molar-refractivity contribution in [2.45, 2.75) is 0 Å². The fraction of sp³-hybridized carbons (Fsp3) is 0.222. The van der Waals surface area contributed by atoms with Crippen molar-refractivity contribution in [2.24, 2.45) is 10.7 Å². The molecule has 0 bridgehead atoms. The number of primary amides is 1. The lowest BCUT2D eigenvalue weighted by molar-refractivity contribution is 0.254. The highest BCUT2D eigenvalue weighted by Crippen LogP contribution is 2.44. The number of ether oxygens (including phenoxy) is 1. The molecule has 0 saturated carbocycles. The maximum Gasteiger partial charge on any atom is 0.322 e. The summed E-state index contributed by atoms with van der Waals surface area (Å²) in [5.41, 5.74) is 6.24. The van der Waals surface area contributed by atoms with Gasteiger partial charge in [-0.25, -0.2) is 9.78 Å². The molecule has 0 fully saturated rings. The number of hydrogen-bond acceptors (Lipinski definition) is 5. The average Bonchev–Trinajstić information content (AvgIpc) is 2.65. The minimum Gasteiger partial charge on any atom is -0.484 e. The number of aliphatic imine (C=N–C) groups is 1. The van der Waals surface area contributed by atoms with E-state index in [4.69, 9.17) is 11.8 Å². The number of hydrogen-bond donors (Lipinski definition) is 2. The average molecular weight is 220 g/mol. The maximum absolute atomic E-state index is 11.2. The number of carbonyl (C=O) groups is 1. The molecular formula is C9H9N5O2. The highest BCUT2D eigenvalue weighted by Gasteiger charge is 2.28. The van der Waals surface area contributed by atoms with Crippen LogP contribution in [0.4, 0.5) is 22.0 Å². The molecule has 2 aliphatic heterocycles. The molecule has 1 aromatic heterocycles. The van der Waals surface area contributed by atoms with Crippen molar-refractivity contribution in [3.8, 4) is 5.75 Å². The number of nitrogens with two attached hydrogens (primary N) is 1. The highest BCUT2D eigenvalue weighted by molar-refractivity contribution is 6.00. The highest BCUT2D eigenvalue weighted by atomic mass is 16.5. The summed E-state index contributed by atoms with van der Waals surface area (Å²) in [6, 6.07) is -0.732. The summed E-state index contributed by atoms with van der Waals surface area (Å²) in [4.78, 5) is 20.5. The molecule has 0 radical (unpaired) electrons. The number of urea groups is 1. The van der Waals surface area contributed by atoms with Crippen LogP contribution in [0.1, 0.15) is 1.37 Å². The van der Waals surface area contributed by atoms with E-state index < -0.39 is 12.7 Å². The van der Waals surface area contributed by atoms with Crippen LogP contribution in [0.15, 0.2) is 11.2 Å². The molecule has 1 atom stereocenters. The van der Waals surface area contributed by atoms with Crippen LogP contribution in [0.2, 0.25) is 0 Å². The molecule has 0 saturated heterocycles. The van der Waals surface area contributed by atoms with Crippen LogP contribution in [-0.2, 0) is 0 Å². The summed E-state index contributed by atoms with van der Waals surface area (Å²) >= 11 is 0. The minimum absolute atomic E-state index is 0.305. The third-order valence-electron chi connectivity index (χ3n) is 2.34. The summed E-state index contributed by atoms with van der Waals surface area (Å²) in [6.07, 6.45) is 3.08. The van der Waals surface area contributed by atoms with Crippen molar-refractivity contribution in [3.63, 3.8) is 0 Å². The Morgan fingerprint density at radius 1 is 1.75 bits per heavy atom. The van der Waals surface area contributed by atoms with E-state index in [1.54, 1.807) is 6.21 Å². The van der Waals surface area contributed by atoms with E-state index >= 15 is 0 Å². The zero-order valence-electron chi connectivity index (χ0n) is 9.17. The molecular weight excluding hydrogens is 210 g/mol. The van der Waals surface area contributed by atoms with Crippen LogP contribution < -0.4 is 20.7 Å². The number of fused-ring (bicyclic) bond motifs is 3. The normalized spacial score (nSPS) is 21.6. The summed E-state index contributed by atoms with van der Waals surface area (Å²) in [5.74, 6) is 0.830. The van der Waals surface area contributed by atoms with Crippen molar-refractivity contribution in [3.05, 3.63) is 6.20 Å². The van der Waals surface area contributed by atoms with Crippen molar-refractivity contribution < 1.29 is 10.9 Å². The summed E-state index contributed by atoms with van der Waals surface area (Å²) in [7, 11) is 0. The molecule has 3 N–H and O–H groups in total. The lowest BCUT2D eigenvalue weighted by atomic mass is 10.3. The van der Waals surface area contributed by atoms with Crippen molar-refractivity contribution in [1.82, 2.24) is 4.98 Å². The second-order valence-electron chi connectivity index (χ2n) is 3.27. The molecule has 7 nitrogen and oxygen atoms in total. The van der Waals surface area contributed by atoms with Crippen LogP contribution in [-0.4, -0.2) is 30.5 Å². The number of aromatic nitrogens is 1. The Hall–Kier alpha value is -2.31. The van der Waals surface area contributed by atoms with E-state index in [9.17, 15) is 4.79 Å². The lowest BCUT2D eigenvalue weighted by Gasteiger charge is -2.14. The topological polar surface area (TPSA) is 92.8 Å². The van der Waals surface area contributed by atoms with E-state index in [0.29, 0.717) is 29.5 Å². The number of nitrogens with zero attached hydrogens (tertiary/aromatic N) is 3. The van der Waals surface area contributed by atoms with Crippen LogP contribution in [0.3, 0.4) is 0 Å². The standard InChI is InChI=1S/C9H9N5O2/c10-9(15)14-4-13-7-6-5(3-12-8(7)14)16-2-1-11-6/h1,3,13H,2,4H2,(H2,10,15)/i4D. The molecule has 0 aliphatic carbocycles. The molecule has 2 aliphatic rings. The maximum atomic E-state index is 11.2. The summed E-state index contributed by atoms with van der Waals surface area (Å²) < 4.78 is 13.0. The van der Waals surface area contributed by atoms with E-state index in [1.165, 1.54) is 6.20 Å². The molecule has 0 spiro atoms. The Morgan fingerprint density at radius 3 is 3.44 bits per heavy atom. The van der Waals surface area contributed by atoms with Gasteiger partial charge in [-0.2, -0.15) is 0 Å². The number of pyridine rings is 1. The second kappa shape index (κ2) is 3.09. The predicted molar refractivity (Wildman–Crippen MR) is 58.4 cm³/mol. The SMILES string of the molecule is [2H]C1Nc2c(ncc3c2N=CCO3)N1C(N)=O. The van der Waals surface area contributed by atoms with Crippen LogP contribution in [0.5, 0.6) is 5.75 Å². The summed E-state index contributed by atoms with van der Waals surface area (Å²) in [5, 5.41) is 2.79. The van der Waals surface area contributed by atoms with Crippen LogP contribution >= 0.6 is 0 Å². The van der Waals surface area contributed by atoms with Crippen LogP contribution in [0.25, 0.3) is 0 Å². The Morgan fingerprint density at radius 2 is 2.62 bits per heavy atom. The first-order valence-corrected chi connectivity index (χ1v) is 4.64. The Bertz CT molecular complexity index is 532. The molecule has 3 heterocycles. The largest absolute Gasteiger partial charge is 0.484 e. The van der Waals surface area contributed by atoms with Gasteiger partial charge in [0.2, 0.25) is 0 Å². The molecule has 0 aromatic carbocycles. The van der Waals surface area contributed by atoms with E-state index in [1.807, 2.05) is 0 Å². The number of nitrogens with one attached hydrogen (secondary N) is 1. The zero-order valence-corrected chi connectivity index (χ0v) is 8.17. The Labute approximate surface area is 92.3 Å². The first kappa shape index (κ1) is 7.91. The molecule has 82 valence electrons. The molecule has 3 rings (SSSR count). The van der Waals surface area contributed by atoms with Gasteiger partial charge in [-0.1, -0.05) is 0 Å². The molecule has 7 heteroatoms. The lowest BCUT2D eigenvalue weighted by Crippen LogP contribution is -2.35. The fourth-order valence-corrected chi connectivity index (χ4v) is 1.64. The van der Waals surface area contributed by atoms with E-state index in [-0.39, 0.29) is 0 Å². The van der Waals surface area contributed by atoms with Crippen molar-refractivity contribution in [1.29, 1.82) is 0 Å². The smallest absolute Gasteiger partial charge is 0.322 e. The fourth-order valence-electron chi connectivity index (χ4n) is 1.64. The first-order chi connectivity index (χ1) is 8.18. The van der Waals surface area contributed by atoms with Gasteiger partial charge in [0, 0.05) is 6.21 Å². The van der Waals surface area contributed by atoms with Gasteiger partial charge >= 0.3 is 6.03 Å². The Balaban J connectivity index is 2.16. The Kier molecular flexibility index (Phi) is 1.53. The van der Waals surface area contributed by atoms with Gasteiger partial charge in [0.25, 0.3) is 0 Å². The van der Waals surface area contributed by atoms with Crippen molar-refractivity contribution >= 4 is 29.4 Å². The number of carbonyl (C=O) groups excluding carboxylic acids is 1. The van der Waals surface area contributed by atoms with Gasteiger partial charge in [0.1, 0.15) is 18.0 Å². The molecule has 16 heavy (non-hydrogen) atoms.